The van der Waals surface area contributed by atoms with Gasteiger partial charge in [-0.2, -0.15) is 0 Å². The Labute approximate surface area is 116 Å². The second kappa shape index (κ2) is 6.12. The van der Waals surface area contributed by atoms with Crippen LogP contribution in [0.5, 0.6) is 0 Å². The Morgan fingerprint density at radius 3 is 2.72 bits per heavy atom. The molecule has 1 aliphatic carbocycles. The van der Waals surface area contributed by atoms with Crippen LogP contribution in [0.2, 0.25) is 0 Å². The molecule has 1 saturated carbocycles. The molecule has 1 aromatic rings. The Kier molecular flexibility index (Phi) is 4.74. The minimum Gasteiger partial charge on any atom is -0.327 e. The van der Waals surface area contributed by atoms with Crippen LogP contribution in [0, 0.1) is 18.8 Å². The Morgan fingerprint density at radius 2 is 2.06 bits per heavy atom. The van der Waals surface area contributed by atoms with Gasteiger partial charge < -0.3 is 5.73 Å². The fraction of sp³-hybridized carbons (Fsp3) is 0.625. The van der Waals surface area contributed by atoms with Gasteiger partial charge in [0.1, 0.15) is 0 Å². The van der Waals surface area contributed by atoms with Crippen molar-refractivity contribution in [1.82, 2.24) is 0 Å². The zero-order chi connectivity index (χ0) is 13.1. The predicted octanol–water partition coefficient (Wildman–Crippen LogP) is 4.24. The lowest BCUT2D eigenvalue weighted by atomic mass is 9.79. The largest absolute Gasteiger partial charge is 0.327 e. The first kappa shape index (κ1) is 14.0. The molecular formula is C16H25NS. The van der Waals surface area contributed by atoms with Gasteiger partial charge in [-0.05, 0) is 50.2 Å². The number of aryl methyl sites for hydroxylation is 1. The maximum absolute atomic E-state index is 6.31. The van der Waals surface area contributed by atoms with Crippen molar-refractivity contribution in [3.05, 3.63) is 29.8 Å². The molecule has 1 aliphatic rings. The SMILES string of the molecule is Cc1cccc(SC2CC(C(C)C)CCC2N)c1. The third kappa shape index (κ3) is 3.52. The van der Waals surface area contributed by atoms with Crippen LogP contribution in [-0.2, 0) is 0 Å². The van der Waals surface area contributed by atoms with Crippen LogP contribution in [0.4, 0.5) is 0 Å². The maximum atomic E-state index is 6.31. The fourth-order valence-electron chi connectivity index (χ4n) is 2.79. The molecule has 100 valence electrons. The van der Waals surface area contributed by atoms with Gasteiger partial charge in [-0.15, -0.1) is 11.8 Å². The van der Waals surface area contributed by atoms with Gasteiger partial charge in [-0.3, -0.25) is 0 Å². The molecule has 0 bridgehead atoms. The highest BCUT2D eigenvalue weighted by Crippen LogP contribution is 2.38. The maximum Gasteiger partial charge on any atom is 0.0249 e. The average molecular weight is 263 g/mol. The van der Waals surface area contributed by atoms with E-state index in [2.05, 4.69) is 45.0 Å². The number of rotatable bonds is 3. The summed E-state index contributed by atoms with van der Waals surface area (Å²) in [6.07, 6.45) is 3.77. The van der Waals surface area contributed by atoms with Crippen LogP contribution in [0.25, 0.3) is 0 Å². The van der Waals surface area contributed by atoms with Gasteiger partial charge in [0.15, 0.2) is 0 Å². The number of benzene rings is 1. The molecule has 18 heavy (non-hydrogen) atoms. The summed E-state index contributed by atoms with van der Waals surface area (Å²) in [4.78, 5) is 1.37. The highest BCUT2D eigenvalue weighted by molar-refractivity contribution is 8.00. The molecule has 0 saturated heterocycles. The van der Waals surface area contributed by atoms with Crippen molar-refractivity contribution in [1.29, 1.82) is 0 Å². The Balaban J connectivity index is 2.02. The lowest BCUT2D eigenvalue weighted by molar-refractivity contribution is 0.266. The smallest absolute Gasteiger partial charge is 0.0249 e. The van der Waals surface area contributed by atoms with Crippen molar-refractivity contribution >= 4 is 11.8 Å². The molecule has 0 aliphatic heterocycles. The van der Waals surface area contributed by atoms with E-state index in [1.807, 2.05) is 11.8 Å². The summed E-state index contributed by atoms with van der Waals surface area (Å²) in [5.74, 6) is 1.64. The average Bonchev–Trinajstić information content (AvgIpc) is 2.31. The molecule has 1 aromatic carbocycles. The summed E-state index contributed by atoms with van der Waals surface area (Å²) in [6, 6.07) is 9.15. The molecule has 3 atom stereocenters. The zero-order valence-electron chi connectivity index (χ0n) is 11.7. The molecule has 3 unspecified atom stereocenters. The molecule has 2 heteroatoms. The van der Waals surface area contributed by atoms with Crippen molar-refractivity contribution < 1.29 is 0 Å². The van der Waals surface area contributed by atoms with Gasteiger partial charge in [0.25, 0.3) is 0 Å². The second-order valence-corrected chi connectivity index (χ2v) is 7.27. The van der Waals surface area contributed by atoms with E-state index in [-0.39, 0.29) is 0 Å². The fourth-order valence-corrected chi connectivity index (χ4v) is 4.20. The van der Waals surface area contributed by atoms with Crippen LogP contribution in [0.3, 0.4) is 0 Å². The van der Waals surface area contributed by atoms with Gasteiger partial charge in [-0.25, -0.2) is 0 Å². The topological polar surface area (TPSA) is 26.0 Å². The first-order valence-corrected chi connectivity index (χ1v) is 7.93. The molecule has 2 rings (SSSR count). The van der Waals surface area contributed by atoms with E-state index < -0.39 is 0 Å². The Morgan fingerprint density at radius 1 is 1.28 bits per heavy atom. The summed E-state index contributed by atoms with van der Waals surface area (Å²) in [5.41, 5.74) is 7.64. The second-order valence-electron chi connectivity index (χ2n) is 5.95. The number of hydrogen-bond donors (Lipinski definition) is 1. The van der Waals surface area contributed by atoms with E-state index in [9.17, 15) is 0 Å². The lowest BCUT2D eigenvalue weighted by Gasteiger charge is -2.35. The van der Waals surface area contributed by atoms with E-state index in [0.29, 0.717) is 11.3 Å². The summed E-state index contributed by atoms with van der Waals surface area (Å²) in [6.45, 7) is 6.84. The normalized spacial score (nSPS) is 28.6. The molecule has 1 nitrogen and oxygen atoms in total. The van der Waals surface area contributed by atoms with Crippen LogP contribution < -0.4 is 5.73 Å². The van der Waals surface area contributed by atoms with Crippen molar-refractivity contribution in [2.24, 2.45) is 17.6 Å². The molecule has 2 N–H and O–H groups in total. The molecule has 0 aromatic heterocycles. The summed E-state index contributed by atoms with van der Waals surface area (Å²) < 4.78 is 0. The highest BCUT2D eigenvalue weighted by Gasteiger charge is 2.30. The van der Waals surface area contributed by atoms with Crippen molar-refractivity contribution in [2.45, 2.75) is 56.2 Å². The predicted molar refractivity (Wildman–Crippen MR) is 81.0 cm³/mol. The van der Waals surface area contributed by atoms with Crippen molar-refractivity contribution in [3.63, 3.8) is 0 Å². The van der Waals surface area contributed by atoms with Gasteiger partial charge >= 0.3 is 0 Å². The summed E-state index contributed by atoms with van der Waals surface area (Å²) >= 11 is 1.98. The van der Waals surface area contributed by atoms with Crippen molar-refractivity contribution in [2.75, 3.05) is 0 Å². The monoisotopic (exact) mass is 263 g/mol. The quantitative estimate of drug-likeness (QED) is 0.882. The van der Waals surface area contributed by atoms with Crippen LogP contribution in [0.15, 0.2) is 29.2 Å². The number of hydrogen-bond acceptors (Lipinski definition) is 2. The third-order valence-electron chi connectivity index (χ3n) is 4.10. The van der Waals surface area contributed by atoms with Crippen molar-refractivity contribution in [3.8, 4) is 0 Å². The van der Waals surface area contributed by atoms with E-state index in [4.69, 9.17) is 5.73 Å². The minimum absolute atomic E-state index is 0.366. The van der Waals surface area contributed by atoms with Gasteiger partial charge in [-0.1, -0.05) is 31.5 Å². The van der Waals surface area contributed by atoms with E-state index in [1.54, 1.807) is 0 Å². The Hall–Kier alpha value is -0.470. The molecule has 1 fully saturated rings. The highest BCUT2D eigenvalue weighted by atomic mass is 32.2. The van der Waals surface area contributed by atoms with Gasteiger partial charge in [0.05, 0.1) is 0 Å². The van der Waals surface area contributed by atoms with E-state index >= 15 is 0 Å². The minimum atomic E-state index is 0.366. The summed E-state index contributed by atoms with van der Waals surface area (Å²) in [7, 11) is 0. The molecular weight excluding hydrogens is 238 g/mol. The first-order chi connectivity index (χ1) is 8.56. The zero-order valence-corrected chi connectivity index (χ0v) is 12.5. The molecule has 0 spiro atoms. The number of nitrogens with two attached hydrogens (primary N) is 1. The first-order valence-electron chi connectivity index (χ1n) is 7.05. The number of thioether (sulfide) groups is 1. The van der Waals surface area contributed by atoms with Crippen LogP contribution >= 0.6 is 11.8 Å². The van der Waals surface area contributed by atoms with Gasteiger partial charge in [0.2, 0.25) is 0 Å². The van der Waals surface area contributed by atoms with Gasteiger partial charge in [0, 0.05) is 16.2 Å². The van der Waals surface area contributed by atoms with Crippen LogP contribution in [0.1, 0.15) is 38.7 Å². The Bertz CT molecular complexity index is 388. The molecule has 0 radical (unpaired) electrons. The standard InChI is InChI=1S/C16H25NS/c1-11(2)13-7-8-15(17)16(10-13)18-14-6-4-5-12(3)9-14/h4-6,9,11,13,15-16H,7-8,10,17H2,1-3H3. The van der Waals surface area contributed by atoms with Crippen LogP contribution in [-0.4, -0.2) is 11.3 Å². The third-order valence-corrected chi connectivity index (χ3v) is 5.47. The summed E-state index contributed by atoms with van der Waals surface area (Å²) in [5, 5.41) is 0.591. The van der Waals surface area contributed by atoms with E-state index in [0.717, 1.165) is 11.8 Å². The lowest BCUT2D eigenvalue weighted by Crippen LogP contribution is -2.39. The molecule has 0 amide bonds. The van der Waals surface area contributed by atoms with E-state index in [1.165, 1.54) is 29.7 Å². The molecule has 0 heterocycles.